The molecule has 1 saturated carbocycles. The molecule has 1 amide bonds. The van der Waals surface area contributed by atoms with Crippen molar-refractivity contribution in [2.75, 3.05) is 31.5 Å². The number of anilines is 2. The Bertz CT molecular complexity index is 1920. The predicted molar refractivity (Wildman–Crippen MR) is 171 cm³/mol. The van der Waals surface area contributed by atoms with E-state index in [1.165, 1.54) is 0 Å². The van der Waals surface area contributed by atoms with Gasteiger partial charge in [-0.3, -0.25) is 14.4 Å². The number of nitrogens with one attached hydrogen (secondary N) is 1. The molecule has 1 aliphatic carbocycles. The number of pyridine rings is 1. The highest BCUT2D eigenvalue weighted by molar-refractivity contribution is 6.06. The first-order valence-corrected chi connectivity index (χ1v) is 15.1. The Labute approximate surface area is 266 Å². The van der Waals surface area contributed by atoms with Crippen LogP contribution in [-0.4, -0.2) is 52.0 Å². The molecule has 0 unspecified atom stereocenters. The zero-order chi connectivity index (χ0) is 31.8. The molecule has 0 spiro atoms. The van der Waals surface area contributed by atoms with E-state index < -0.39 is 0 Å². The lowest BCUT2D eigenvalue weighted by Gasteiger charge is -2.22. The predicted octanol–water partition coefficient (Wildman–Crippen LogP) is 5.15. The van der Waals surface area contributed by atoms with E-state index in [-0.39, 0.29) is 12.5 Å². The van der Waals surface area contributed by atoms with Gasteiger partial charge in [-0.2, -0.15) is 0 Å². The molecule has 2 aromatic carbocycles. The molecule has 12 heteroatoms. The number of methoxy groups -OCH3 is 3. The molecule has 4 heterocycles. The van der Waals surface area contributed by atoms with Gasteiger partial charge in [0.2, 0.25) is 0 Å². The lowest BCUT2D eigenvalue weighted by atomic mass is 10.0. The molecule has 2 aliphatic rings. The van der Waals surface area contributed by atoms with Crippen LogP contribution in [0.25, 0.3) is 10.9 Å². The van der Waals surface area contributed by atoms with Crippen LogP contribution in [0.4, 0.5) is 11.5 Å². The van der Waals surface area contributed by atoms with Crippen LogP contribution in [0.5, 0.6) is 17.4 Å². The van der Waals surface area contributed by atoms with Crippen LogP contribution in [0.15, 0.2) is 55.0 Å². The van der Waals surface area contributed by atoms with Crippen LogP contribution in [0.1, 0.15) is 57.2 Å². The van der Waals surface area contributed by atoms with Crippen molar-refractivity contribution in [1.29, 1.82) is 0 Å². The Balaban J connectivity index is 1.21. The molecule has 0 atom stereocenters. The number of carbonyl (C=O) groups is 1. The summed E-state index contributed by atoms with van der Waals surface area (Å²) >= 11 is 0. The molecule has 5 aromatic rings. The number of benzene rings is 2. The van der Waals surface area contributed by atoms with Crippen LogP contribution >= 0.6 is 0 Å². The van der Waals surface area contributed by atoms with Gasteiger partial charge >= 0.3 is 0 Å². The van der Waals surface area contributed by atoms with Crippen molar-refractivity contribution in [3.8, 4) is 17.4 Å². The number of aryl methyl sites for hydroxylation is 1. The minimum Gasteiger partial charge on any atom is -0.497 e. The average molecular weight is 622 g/mol. The first kappa shape index (κ1) is 29.5. The van der Waals surface area contributed by atoms with Crippen LogP contribution in [0.2, 0.25) is 0 Å². The Kier molecular flexibility index (Phi) is 7.87. The number of amides is 1. The number of hydrogen-bond donors (Lipinski definition) is 1. The van der Waals surface area contributed by atoms with Crippen molar-refractivity contribution in [2.24, 2.45) is 7.05 Å². The normalized spacial score (nSPS) is 13.8. The molecule has 1 N–H and O–H groups in total. The fourth-order valence-electron chi connectivity index (χ4n) is 5.81. The van der Waals surface area contributed by atoms with Gasteiger partial charge in [-0.05, 0) is 42.2 Å². The summed E-state index contributed by atoms with van der Waals surface area (Å²) in [5.74, 6) is 3.49. The van der Waals surface area contributed by atoms with Crippen LogP contribution in [0.3, 0.4) is 0 Å². The first-order chi connectivity index (χ1) is 22.4. The standard InChI is InChI=1S/C34H35N7O5/c1-40-17-29(33(39-40)45-4)41(34(42)23-14-35-31(36-15-23)21-6-7-21)16-20-5-10-25-26-18-46-19-27(26)32(38-28(25)11-20)37-13-22-8-9-24(43-2)12-30(22)44-3/h5,8-12,14-15,17,21H,6-7,13,16,18-19H2,1-4H3,(H,37,38). The van der Waals surface area contributed by atoms with Crippen molar-refractivity contribution in [2.45, 2.75) is 45.1 Å². The summed E-state index contributed by atoms with van der Waals surface area (Å²) < 4.78 is 24.0. The molecule has 3 aromatic heterocycles. The topological polar surface area (TPSA) is 126 Å². The maximum Gasteiger partial charge on any atom is 0.261 e. The summed E-state index contributed by atoms with van der Waals surface area (Å²) in [4.78, 5) is 29.7. The lowest BCUT2D eigenvalue weighted by Crippen LogP contribution is -2.31. The summed E-state index contributed by atoms with van der Waals surface area (Å²) in [5, 5.41) is 8.93. The van der Waals surface area contributed by atoms with E-state index in [0.717, 1.165) is 69.1 Å². The third-order valence-electron chi connectivity index (χ3n) is 8.41. The number of aromatic nitrogens is 5. The summed E-state index contributed by atoms with van der Waals surface area (Å²) in [7, 11) is 6.61. The van der Waals surface area contributed by atoms with E-state index in [1.807, 2.05) is 30.3 Å². The maximum absolute atomic E-state index is 14.0. The molecule has 0 radical (unpaired) electrons. The van der Waals surface area contributed by atoms with Crippen molar-refractivity contribution in [3.05, 3.63) is 88.6 Å². The zero-order valence-electron chi connectivity index (χ0n) is 26.2. The number of hydrogen-bond acceptors (Lipinski definition) is 10. The Hall–Kier alpha value is -5.23. The molecular weight excluding hydrogens is 586 g/mol. The van der Waals surface area contributed by atoms with Crippen molar-refractivity contribution in [1.82, 2.24) is 24.7 Å². The van der Waals surface area contributed by atoms with E-state index in [9.17, 15) is 4.79 Å². The van der Waals surface area contributed by atoms with E-state index in [2.05, 4.69) is 26.4 Å². The molecule has 1 aliphatic heterocycles. The number of nitrogens with zero attached hydrogens (tertiary/aromatic N) is 6. The van der Waals surface area contributed by atoms with Gasteiger partial charge < -0.3 is 24.3 Å². The molecule has 1 fully saturated rings. The van der Waals surface area contributed by atoms with Gasteiger partial charge in [0.1, 0.15) is 28.8 Å². The summed E-state index contributed by atoms with van der Waals surface area (Å²) in [6, 6.07) is 11.8. The van der Waals surface area contributed by atoms with Gasteiger partial charge in [-0.15, -0.1) is 5.10 Å². The molecule has 46 heavy (non-hydrogen) atoms. The number of ether oxygens (including phenoxy) is 4. The van der Waals surface area contributed by atoms with E-state index in [0.29, 0.717) is 42.8 Å². The lowest BCUT2D eigenvalue weighted by molar-refractivity contribution is 0.0983. The average Bonchev–Trinajstić information content (AvgIpc) is 3.69. The molecule has 12 nitrogen and oxygen atoms in total. The van der Waals surface area contributed by atoms with Gasteiger partial charge in [0, 0.05) is 54.5 Å². The molecule has 0 saturated heterocycles. The molecular formula is C34H35N7O5. The van der Waals surface area contributed by atoms with Gasteiger partial charge in [0.15, 0.2) is 0 Å². The summed E-state index contributed by atoms with van der Waals surface area (Å²) in [5.41, 5.74) is 5.75. The zero-order valence-corrected chi connectivity index (χ0v) is 26.2. The Morgan fingerprint density at radius 2 is 1.83 bits per heavy atom. The minimum atomic E-state index is -0.250. The largest absolute Gasteiger partial charge is 0.497 e. The number of rotatable bonds is 11. The second-order valence-electron chi connectivity index (χ2n) is 11.5. The highest BCUT2D eigenvalue weighted by Gasteiger charge is 2.29. The Morgan fingerprint density at radius 1 is 1.02 bits per heavy atom. The van der Waals surface area contributed by atoms with Gasteiger partial charge in [0.25, 0.3) is 11.8 Å². The molecule has 7 rings (SSSR count). The van der Waals surface area contributed by atoms with Crippen molar-refractivity contribution < 1.29 is 23.7 Å². The van der Waals surface area contributed by atoms with Gasteiger partial charge in [-0.1, -0.05) is 12.1 Å². The van der Waals surface area contributed by atoms with Crippen molar-refractivity contribution >= 4 is 28.3 Å². The number of fused-ring (bicyclic) bond motifs is 3. The quantitative estimate of drug-likeness (QED) is 0.212. The number of carbonyl (C=O) groups excluding carboxylic acids is 1. The van der Waals surface area contributed by atoms with Crippen molar-refractivity contribution in [3.63, 3.8) is 0 Å². The van der Waals surface area contributed by atoms with Gasteiger partial charge in [-0.25, -0.2) is 15.0 Å². The van der Waals surface area contributed by atoms with Crippen LogP contribution in [0, 0.1) is 0 Å². The first-order valence-electron chi connectivity index (χ1n) is 15.1. The Morgan fingerprint density at radius 3 is 2.57 bits per heavy atom. The highest BCUT2D eigenvalue weighted by Crippen LogP contribution is 2.38. The SMILES string of the molecule is COc1ccc(CNc2nc3cc(CN(C(=O)c4cnc(C5CC5)nc4)c4cn(C)nc4OC)ccc3c3c2COC3)c(OC)c1. The maximum atomic E-state index is 14.0. The van der Waals surface area contributed by atoms with Crippen LogP contribution < -0.4 is 24.4 Å². The van der Waals surface area contributed by atoms with Crippen LogP contribution in [-0.2, 0) is 38.1 Å². The minimum absolute atomic E-state index is 0.250. The third kappa shape index (κ3) is 5.67. The fraction of sp³-hybridized carbons (Fsp3) is 0.324. The second-order valence-corrected chi connectivity index (χ2v) is 11.5. The third-order valence-corrected chi connectivity index (χ3v) is 8.41. The molecule has 236 valence electrons. The van der Waals surface area contributed by atoms with E-state index in [1.54, 1.807) is 56.5 Å². The van der Waals surface area contributed by atoms with E-state index in [4.69, 9.17) is 23.9 Å². The second kappa shape index (κ2) is 12.3. The van der Waals surface area contributed by atoms with E-state index >= 15 is 0 Å². The smallest absolute Gasteiger partial charge is 0.261 e. The fourth-order valence-corrected chi connectivity index (χ4v) is 5.81. The van der Waals surface area contributed by atoms with Gasteiger partial charge in [0.05, 0.1) is 58.4 Å². The summed E-state index contributed by atoms with van der Waals surface area (Å²) in [6.07, 6.45) is 7.17. The summed E-state index contributed by atoms with van der Waals surface area (Å²) in [6.45, 7) is 1.74. The highest BCUT2D eigenvalue weighted by atomic mass is 16.5. The molecule has 0 bridgehead atoms. The monoisotopic (exact) mass is 621 g/mol.